The molecule has 0 unspecified atom stereocenters. The Labute approximate surface area is 350 Å². The van der Waals surface area contributed by atoms with E-state index in [0.717, 1.165) is 72.8 Å². The summed E-state index contributed by atoms with van der Waals surface area (Å²) in [5, 5.41) is 44.0. The Bertz CT molecular complexity index is 2000. The highest BCUT2D eigenvalue weighted by Crippen LogP contribution is 2.59. The number of guanidine groups is 1. The lowest BCUT2D eigenvalue weighted by atomic mass is 9.55. The number of hydrogen-bond acceptors (Lipinski definition) is 8. The van der Waals surface area contributed by atoms with Gasteiger partial charge in [0.2, 0.25) is 0 Å². The third-order valence-corrected chi connectivity index (χ3v) is 14.3. The lowest BCUT2D eigenvalue weighted by Gasteiger charge is -2.49. The molecule has 0 saturated heterocycles. The molecule has 0 spiro atoms. The summed E-state index contributed by atoms with van der Waals surface area (Å²) in [5.74, 6) is 7.91. The Morgan fingerprint density at radius 3 is 2.54 bits per heavy atom. The fourth-order valence-electron chi connectivity index (χ4n) is 11.7. The van der Waals surface area contributed by atoms with Gasteiger partial charge in [0, 0.05) is 49.5 Å². The number of aliphatic hydroxyl groups excluding tert-OH is 2. The Morgan fingerprint density at radius 2 is 1.85 bits per heavy atom. The Morgan fingerprint density at radius 1 is 1.05 bits per heavy atom. The van der Waals surface area contributed by atoms with Gasteiger partial charge in [-0.15, -0.1) is 0 Å². The first kappa shape index (κ1) is 42.8. The van der Waals surface area contributed by atoms with Crippen molar-refractivity contribution in [1.82, 2.24) is 0 Å². The van der Waals surface area contributed by atoms with Crippen LogP contribution in [0.1, 0.15) is 125 Å². The molecule has 2 bridgehead atoms. The van der Waals surface area contributed by atoms with Gasteiger partial charge >= 0.3 is 0 Å². The number of rotatable bonds is 13. The number of phenolic OH excluding ortho intramolecular Hbond substituents is 2. The SMILES string of the molecule is CC[C@@H]1C(CO)=C(C(=O)CCc2cc(OC3CCCC3)c(O)c3c2C#CC[C@H](N=C(N)N)C[C@H]2C=C4[C@@H](C[C@H](C)C[C@@H]4c4cccc(O)c4)[C@H]3[C@H]2COC)CC[C@H]1CO. The number of aliphatic hydroxyl groups is 2. The van der Waals surface area contributed by atoms with Crippen molar-refractivity contribution in [3.8, 4) is 29.1 Å². The van der Waals surface area contributed by atoms with Crippen molar-refractivity contribution in [2.45, 2.75) is 121 Å². The van der Waals surface area contributed by atoms with E-state index in [0.29, 0.717) is 56.0 Å². The molecule has 59 heavy (non-hydrogen) atoms. The molecule has 10 heteroatoms. The van der Waals surface area contributed by atoms with Gasteiger partial charge in [-0.05, 0) is 147 Å². The molecule has 2 aromatic rings. The quantitative estimate of drug-likeness (QED) is 0.0530. The van der Waals surface area contributed by atoms with E-state index < -0.39 is 0 Å². The van der Waals surface area contributed by atoms with Gasteiger partial charge in [-0.1, -0.05) is 49.5 Å². The number of fused-ring (bicyclic) bond motifs is 6. The molecule has 7 rings (SSSR count). The van der Waals surface area contributed by atoms with Crippen LogP contribution in [0.4, 0.5) is 0 Å². The number of benzene rings is 2. The van der Waals surface area contributed by atoms with Gasteiger partial charge in [0.15, 0.2) is 23.2 Å². The standard InChI is InChI=1S/C49H65N3O7/c1-4-36-31(25-53)15-17-38(42(36)26-54)44(56)18-16-30-24-45(59-35-12-5-6-13-35)48(57)47-37(30)14-8-10-33(52-49(50)51)21-32-23-40-39(29-9-7-11-34(55)22-29)19-28(2)20-41(40)46(47)43(32)27-58-3/h7,9,11,22-24,28,31-33,35-36,39,41,43,46,53-55,57H,4-6,10,12-13,15-21,25-27H2,1-3H3,(H4,50,51,52)/t28-,31+,32+,33+,36+,39-,41-,43+,46+/m1/s1. The van der Waals surface area contributed by atoms with Gasteiger partial charge in [-0.3, -0.25) is 4.79 Å². The average molecular weight is 808 g/mol. The number of phenols is 2. The van der Waals surface area contributed by atoms with Crippen LogP contribution in [-0.2, 0) is 16.0 Å². The topological polar surface area (TPSA) is 181 Å². The second-order valence-electron chi connectivity index (χ2n) is 18.0. The normalized spacial score (nSPS) is 29.4. The van der Waals surface area contributed by atoms with Crippen LogP contribution in [0, 0.1) is 47.3 Å². The molecule has 0 radical (unpaired) electrons. The molecule has 2 aromatic carbocycles. The maximum Gasteiger partial charge on any atom is 0.186 e. The smallest absolute Gasteiger partial charge is 0.186 e. The monoisotopic (exact) mass is 807 g/mol. The second-order valence-corrected chi connectivity index (χ2v) is 18.0. The lowest BCUT2D eigenvalue weighted by molar-refractivity contribution is -0.116. The van der Waals surface area contributed by atoms with Crippen LogP contribution in [-0.4, -0.2) is 71.2 Å². The number of methoxy groups -OCH3 is 1. The van der Waals surface area contributed by atoms with Gasteiger partial charge in [0.25, 0.3) is 0 Å². The van der Waals surface area contributed by atoms with Gasteiger partial charge in [0.05, 0.1) is 25.4 Å². The number of ketones is 1. The predicted octanol–water partition coefficient (Wildman–Crippen LogP) is 7.16. The summed E-state index contributed by atoms with van der Waals surface area (Å²) in [5.41, 5.74) is 18.2. The largest absolute Gasteiger partial charge is 0.508 e. The van der Waals surface area contributed by atoms with Crippen LogP contribution >= 0.6 is 0 Å². The minimum atomic E-state index is -0.276. The first-order chi connectivity index (χ1) is 28.5. The van der Waals surface area contributed by atoms with E-state index in [-0.39, 0.29) is 96.4 Å². The maximum absolute atomic E-state index is 14.3. The van der Waals surface area contributed by atoms with Crippen LogP contribution < -0.4 is 16.2 Å². The highest BCUT2D eigenvalue weighted by atomic mass is 16.5. The molecule has 318 valence electrons. The fourth-order valence-corrected chi connectivity index (χ4v) is 11.7. The summed E-state index contributed by atoms with van der Waals surface area (Å²) < 4.78 is 12.8. The predicted molar refractivity (Wildman–Crippen MR) is 230 cm³/mol. The van der Waals surface area contributed by atoms with E-state index in [9.17, 15) is 25.2 Å². The van der Waals surface area contributed by atoms with Gasteiger partial charge in [-0.2, -0.15) is 0 Å². The number of aryl methyl sites for hydroxylation is 1. The van der Waals surface area contributed by atoms with Crippen LogP contribution in [0.5, 0.6) is 17.2 Å². The molecule has 0 aromatic heterocycles. The number of nitrogens with two attached hydrogens (primary N) is 2. The Balaban J connectivity index is 1.41. The molecular weight excluding hydrogens is 743 g/mol. The second kappa shape index (κ2) is 19.0. The number of nitrogens with zero attached hydrogens (tertiary/aromatic N) is 1. The van der Waals surface area contributed by atoms with Crippen molar-refractivity contribution >= 4 is 11.7 Å². The molecule has 9 atom stereocenters. The number of aromatic hydroxyl groups is 2. The average Bonchev–Trinajstić information content (AvgIpc) is 3.73. The van der Waals surface area contributed by atoms with Crippen molar-refractivity contribution in [3.63, 3.8) is 0 Å². The number of aliphatic imine (C=N–C) groups is 1. The van der Waals surface area contributed by atoms with E-state index in [4.69, 9.17) is 20.9 Å². The number of allylic oxidation sites excluding steroid dienone is 3. The molecule has 0 heterocycles. The third-order valence-electron chi connectivity index (χ3n) is 14.3. The third kappa shape index (κ3) is 9.08. The lowest BCUT2D eigenvalue weighted by Crippen LogP contribution is -2.41. The molecule has 2 fully saturated rings. The summed E-state index contributed by atoms with van der Waals surface area (Å²) in [6.45, 7) is 4.61. The molecule has 10 nitrogen and oxygen atoms in total. The van der Waals surface area contributed by atoms with E-state index in [1.165, 1.54) is 5.57 Å². The minimum Gasteiger partial charge on any atom is -0.508 e. The summed E-state index contributed by atoms with van der Waals surface area (Å²) >= 11 is 0. The summed E-state index contributed by atoms with van der Waals surface area (Å²) in [4.78, 5) is 19.0. The van der Waals surface area contributed by atoms with Crippen LogP contribution in [0.25, 0.3) is 0 Å². The van der Waals surface area contributed by atoms with Crippen LogP contribution in [0.3, 0.4) is 0 Å². The van der Waals surface area contributed by atoms with Gasteiger partial charge < -0.3 is 41.4 Å². The number of Topliss-reactive ketones (excluding diaryl/α,β-unsaturated/α-hetero) is 1. The number of carbonyl (C=O) groups excluding carboxylic acids is 1. The highest BCUT2D eigenvalue weighted by molar-refractivity contribution is 5.96. The van der Waals surface area contributed by atoms with Crippen molar-refractivity contribution in [2.75, 3.05) is 26.9 Å². The van der Waals surface area contributed by atoms with Crippen LogP contribution in [0.2, 0.25) is 0 Å². The maximum atomic E-state index is 14.3. The van der Waals surface area contributed by atoms with Crippen molar-refractivity contribution < 1.29 is 34.7 Å². The van der Waals surface area contributed by atoms with Crippen molar-refractivity contribution in [3.05, 3.63) is 75.4 Å². The molecule has 0 aliphatic heterocycles. The fraction of sp³-hybridized carbons (Fsp3) is 0.592. The number of ether oxygens (including phenoxy) is 2. The summed E-state index contributed by atoms with van der Waals surface area (Å²) in [6.07, 6.45) is 11.8. The van der Waals surface area contributed by atoms with Crippen molar-refractivity contribution in [1.29, 1.82) is 0 Å². The number of hydrogen-bond donors (Lipinski definition) is 6. The van der Waals surface area contributed by atoms with Gasteiger partial charge in [0.1, 0.15) is 5.75 Å². The molecule has 5 aliphatic rings. The molecule has 8 N–H and O–H groups in total. The molecule has 0 amide bonds. The van der Waals surface area contributed by atoms with Gasteiger partial charge in [-0.25, -0.2) is 4.99 Å². The first-order valence-electron chi connectivity index (χ1n) is 22.1. The summed E-state index contributed by atoms with van der Waals surface area (Å²) in [6, 6.07) is 9.26. The minimum absolute atomic E-state index is 0.0000979. The Kier molecular flexibility index (Phi) is 13.8. The Hall–Kier alpha value is -4.30. The molecule has 5 aliphatic carbocycles. The van der Waals surface area contributed by atoms with E-state index in [1.807, 2.05) is 25.1 Å². The first-order valence-corrected chi connectivity index (χ1v) is 22.1. The number of carbonyl (C=O) groups is 1. The van der Waals surface area contributed by atoms with E-state index >= 15 is 0 Å². The highest BCUT2D eigenvalue weighted by Gasteiger charge is 2.48. The zero-order chi connectivity index (χ0) is 41.8. The zero-order valence-electron chi connectivity index (χ0n) is 35.2. The van der Waals surface area contributed by atoms with Crippen molar-refractivity contribution in [2.24, 2.45) is 52.0 Å². The zero-order valence-corrected chi connectivity index (χ0v) is 35.2. The summed E-state index contributed by atoms with van der Waals surface area (Å²) in [7, 11) is 1.73. The molecular formula is C49H65N3O7. The van der Waals surface area contributed by atoms with E-state index in [1.54, 1.807) is 13.2 Å². The molecule has 2 saturated carbocycles. The van der Waals surface area contributed by atoms with Crippen LogP contribution in [0.15, 0.2) is 58.1 Å². The van der Waals surface area contributed by atoms with E-state index in [2.05, 4.69) is 35.9 Å².